The Kier molecular flexibility index (Phi) is 4.02. The lowest BCUT2D eigenvalue weighted by Crippen LogP contribution is -2.33. The van der Waals surface area contributed by atoms with Crippen molar-refractivity contribution in [3.63, 3.8) is 0 Å². The molecule has 0 heterocycles. The molecule has 0 saturated heterocycles. The van der Waals surface area contributed by atoms with Crippen LogP contribution in [0.2, 0.25) is 0 Å². The molecule has 0 aromatic carbocycles. The summed E-state index contributed by atoms with van der Waals surface area (Å²) >= 11 is 0. The van der Waals surface area contributed by atoms with Crippen LogP contribution < -0.4 is 5.73 Å². The zero-order chi connectivity index (χ0) is 8.97. The predicted octanol–water partition coefficient (Wildman–Crippen LogP) is 1.79. The van der Waals surface area contributed by atoms with E-state index >= 15 is 0 Å². The van der Waals surface area contributed by atoms with E-state index in [1.54, 1.807) is 0 Å². The highest BCUT2D eigenvalue weighted by molar-refractivity contribution is 4.73. The molecule has 2 heteroatoms. The summed E-state index contributed by atoms with van der Waals surface area (Å²) < 4.78 is 5.52. The van der Waals surface area contributed by atoms with Crippen LogP contribution in [0, 0.1) is 11.8 Å². The van der Waals surface area contributed by atoms with Gasteiger partial charge in [-0.3, -0.25) is 0 Å². The molecule has 0 aromatic heterocycles. The second-order valence-corrected chi connectivity index (χ2v) is 4.03. The summed E-state index contributed by atoms with van der Waals surface area (Å²) in [5.74, 6) is 1.44. The molecular formula is C10H21NO. The standard InChI is InChI=1S/C10H21NO/c1-3-8(2)10(11)7-12-6-9-4-5-9/h8-10H,3-7,11H2,1-2H3. The van der Waals surface area contributed by atoms with Gasteiger partial charge in [-0.25, -0.2) is 0 Å². The van der Waals surface area contributed by atoms with Gasteiger partial charge < -0.3 is 10.5 Å². The summed E-state index contributed by atoms with van der Waals surface area (Å²) in [7, 11) is 0. The van der Waals surface area contributed by atoms with Crippen molar-refractivity contribution in [2.75, 3.05) is 13.2 Å². The fourth-order valence-corrected chi connectivity index (χ4v) is 1.12. The molecule has 2 nitrogen and oxygen atoms in total. The van der Waals surface area contributed by atoms with Gasteiger partial charge in [0.05, 0.1) is 6.61 Å². The minimum Gasteiger partial charge on any atom is -0.380 e. The molecule has 0 radical (unpaired) electrons. The smallest absolute Gasteiger partial charge is 0.0620 e. The Morgan fingerprint density at radius 2 is 2.17 bits per heavy atom. The second kappa shape index (κ2) is 4.83. The quantitative estimate of drug-likeness (QED) is 0.661. The summed E-state index contributed by atoms with van der Waals surface area (Å²) in [4.78, 5) is 0. The molecule has 72 valence electrons. The molecule has 1 aliphatic rings. The van der Waals surface area contributed by atoms with Crippen molar-refractivity contribution in [1.29, 1.82) is 0 Å². The van der Waals surface area contributed by atoms with E-state index in [0.29, 0.717) is 5.92 Å². The molecule has 1 fully saturated rings. The highest BCUT2D eigenvalue weighted by Crippen LogP contribution is 2.28. The molecule has 2 unspecified atom stereocenters. The van der Waals surface area contributed by atoms with E-state index in [1.165, 1.54) is 12.8 Å². The van der Waals surface area contributed by atoms with Crippen molar-refractivity contribution < 1.29 is 4.74 Å². The van der Waals surface area contributed by atoms with Gasteiger partial charge in [-0.1, -0.05) is 20.3 Å². The fourth-order valence-electron chi connectivity index (χ4n) is 1.12. The van der Waals surface area contributed by atoms with Crippen molar-refractivity contribution in [2.24, 2.45) is 17.6 Å². The van der Waals surface area contributed by atoms with E-state index in [4.69, 9.17) is 10.5 Å². The highest BCUT2D eigenvalue weighted by Gasteiger charge is 2.21. The Balaban J connectivity index is 1.96. The summed E-state index contributed by atoms with van der Waals surface area (Å²) in [6.07, 6.45) is 3.87. The first kappa shape index (κ1) is 10.0. The molecular weight excluding hydrogens is 150 g/mol. The van der Waals surface area contributed by atoms with Crippen LogP contribution in [0.3, 0.4) is 0 Å². The molecule has 0 amide bonds. The summed E-state index contributed by atoms with van der Waals surface area (Å²) in [5.41, 5.74) is 5.91. The Morgan fingerprint density at radius 3 is 2.67 bits per heavy atom. The summed E-state index contributed by atoms with van der Waals surface area (Å²) in [6.45, 7) is 6.03. The Labute approximate surface area is 75.5 Å². The van der Waals surface area contributed by atoms with E-state index in [9.17, 15) is 0 Å². The van der Waals surface area contributed by atoms with Gasteiger partial charge in [0.15, 0.2) is 0 Å². The normalized spacial score (nSPS) is 22.2. The average molecular weight is 171 g/mol. The molecule has 1 saturated carbocycles. The van der Waals surface area contributed by atoms with Gasteiger partial charge in [0.1, 0.15) is 0 Å². The van der Waals surface area contributed by atoms with E-state index in [2.05, 4.69) is 13.8 Å². The lowest BCUT2D eigenvalue weighted by atomic mass is 10.0. The molecule has 0 aliphatic heterocycles. The molecule has 0 aromatic rings. The monoisotopic (exact) mass is 171 g/mol. The van der Waals surface area contributed by atoms with Crippen molar-refractivity contribution in [3.8, 4) is 0 Å². The number of hydrogen-bond acceptors (Lipinski definition) is 2. The van der Waals surface area contributed by atoms with Crippen LogP contribution in [0.4, 0.5) is 0 Å². The van der Waals surface area contributed by atoms with Gasteiger partial charge in [0.25, 0.3) is 0 Å². The maximum Gasteiger partial charge on any atom is 0.0620 e. The van der Waals surface area contributed by atoms with Crippen LogP contribution in [-0.4, -0.2) is 19.3 Å². The maximum absolute atomic E-state index is 5.91. The third-order valence-corrected chi connectivity index (χ3v) is 2.74. The molecule has 0 bridgehead atoms. The number of hydrogen-bond donors (Lipinski definition) is 1. The van der Waals surface area contributed by atoms with Crippen LogP contribution in [0.15, 0.2) is 0 Å². The van der Waals surface area contributed by atoms with Crippen LogP contribution >= 0.6 is 0 Å². The molecule has 12 heavy (non-hydrogen) atoms. The second-order valence-electron chi connectivity index (χ2n) is 4.03. The van der Waals surface area contributed by atoms with E-state index in [-0.39, 0.29) is 6.04 Å². The molecule has 2 N–H and O–H groups in total. The number of rotatable bonds is 6. The van der Waals surface area contributed by atoms with E-state index < -0.39 is 0 Å². The zero-order valence-electron chi connectivity index (χ0n) is 8.25. The Bertz CT molecular complexity index is 123. The molecule has 1 aliphatic carbocycles. The number of nitrogens with two attached hydrogens (primary N) is 1. The third kappa shape index (κ3) is 3.55. The molecule has 0 spiro atoms. The summed E-state index contributed by atoms with van der Waals surface area (Å²) in [6, 6.07) is 0.230. The predicted molar refractivity (Wildman–Crippen MR) is 51.0 cm³/mol. The van der Waals surface area contributed by atoms with Crippen molar-refractivity contribution in [2.45, 2.75) is 39.2 Å². The van der Waals surface area contributed by atoms with Gasteiger partial charge in [0.2, 0.25) is 0 Å². The fraction of sp³-hybridized carbons (Fsp3) is 1.00. The van der Waals surface area contributed by atoms with E-state index in [1.807, 2.05) is 0 Å². The highest BCUT2D eigenvalue weighted by atomic mass is 16.5. The first-order valence-corrected chi connectivity index (χ1v) is 5.07. The minimum atomic E-state index is 0.230. The van der Waals surface area contributed by atoms with Gasteiger partial charge >= 0.3 is 0 Å². The van der Waals surface area contributed by atoms with Gasteiger partial charge in [-0.2, -0.15) is 0 Å². The lowest BCUT2D eigenvalue weighted by Gasteiger charge is -2.17. The van der Waals surface area contributed by atoms with Gasteiger partial charge in [-0.05, 0) is 24.7 Å². The number of ether oxygens (including phenoxy) is 1. The first-order valence-electron chi connectivity index (χ1n) is 5.07. The van der Waals surface area contributed by atoms with Crippen molar-refractivity contribution in [1.82, 2.24) is 0 Å². The van der Waals surface area contributed by atoms with Crippen LogP contribution in [0.25, 0.3) is 0 Å². The Morgan fingerprint density at radius 1 is 1.50 bits per heavy atom. The van der Waals surface area contributed by atoms with Crippen molar-refractivity contribution >= 4 is 0 Å². The summed E-state index contributed by atoms with van der Waals surface area (Å²) in [5, 5.41) is 0. The molecule has 2 atom stereocenters. The lowest BCUT2D eigenvalue weighted by molar-refractivity contribution is 0.0987. The van der Waals surface area contributed by atoms with Crippen LogP contribution in [0.5, 0.6) is 0 Å². The Hall–Kier alpha value is -0.0800. The zero-order valence-corrected chi connectivity index (χ0v) is 8.25. The molecule has 1 rings (SSSR count). The largest absolute Gasteiger partial charge is 0.380 e. The van der Waals surface area contributed by atoms with Gasteiger partial charge in [0, 0.05) is 12.6 Å². The van der Waals surface area contributed by atoms with Crippen LogP contribution in [-0.2, 0) is 4.74 Å². The van der Waals surface area contributed by atoms with E-state index in [0.717, 1.165) is 25.6 Å². The topological polar surface area (TPSA) is 35.2 Å². The first-order chi connectivity index (χ1) is 5.74. The average Bonchev–Trinajstić information content (AvgIpc) is 2.86. The maximum atomic E-state index is 5.91. The van der Waals surface area contributed by atoms with Crippen molar-refractivity contribution in [3.05, 3.63) is 0 Å². The SMILES string of the molecule is CCC(C)C(N)COCC1CC1. The van der Waals surface area contributed by atoms with Crippen LogP contribution in [0.1, 0.15) is 33.1 Å². The minimum absolute atomic E-state index is 0.230. The van der Waals surface area contributed by atoms with Gasteiger partial charge in [-0.15, -0.1) is 0 Å². The third-order valence-electron chi connectivity index (χ3n) is 2.74.